The van der Waals surface area contributed by atoms with E-state index in [1.165, 1.54) is 17.8 Å². The lowest BCUT2D eigenvalue weighted by Gasteiger charge is -2.29. The molecule has 8 heteroatoms. The maximum Gasteiger partial charge on any atom is 0.272 e. The van der Waals surface area contributed by atoms with E-state index < -0.39 is 0 Å². The van der Waals surface area contributed by atoms with Gasteiger partial charge in [-0.15, -0.1) is 11.3 Å². The monoisotopic (exact) mass is 430 g/mol. The molecule has 1 aromatic carbocycles. The van der Waals surface area contributed by atoms with Gasteiger partial charge in [0.05, 0.1) is 5.52 Å². The van der Waals surface area contributed by atoms with Crippen LogP contribution in [0.4, 0.5) is 5.95 Å². The summed E-state index contributed by atoms with van der Waals surface area (Å²) in [6.45, 7) is 2.51. The topological polar surface area (TPSA) is 67.2 Å². The molecule has 0 spiro atoms. The van der Waals surface area contributed by atoms with Gasteiger partial charge in [0.15, 0.2) is 0 Å². The average Bonchev–Trinajstić information content (AvgIpc) is 3.21. The number of thiophene rings is 1. The lowest BCUT2D eigenvalue weighted by atomic mass is 10.1. The molecule has 3 heterocycles. The van der Waals surface area contributed by atoms with Crippen LogP contribution in [0.15, 0.2) is 40.5 Å². The smallest absolute Gasteiger partial charge is 0.272 e. The van der Waals surface area contributed by atoms with Crippen LogP contribution in [0.2, 0.25) is 5.02 Å². The molecule has 1 fully saturated rings. The van der Waals surface area contributed by atoms with Crippen molar-refractivity contribution in [2.75, 3.05) is 18.0 Å². The fourth-order valence-corrected chi connectivity index (χ4v) is 4.61. The SMILES string of the molecule is O=C(CCn1c(N2CCCCC2)nc2ccsc2c1=O)NCc1cccc(Cl)c1. The number of nitrogens with one attached hydrogen (secondary N) is 1. The van der Waals surface area contributed by atoms with Gasteiger partial charge in [-0.3, -0.25) is 14.2 Å². The number of carbonyl (C=O) groups is 1. The Labute approximate surface area is 178 Å². The highest BCUT2D eigenvalue weighted by molar-refractivity contribution is 7.17. The minimum Gasteiger partial charge on any atom is -0.352 e. The second kappa shape index (κ2) is 8.97. The lowest BCUT2D eigenvalue weighted by molar-refractivity contribution is -0.121. The van der Waals surface area contributed by atoms with Gasteiger partial charge in [0.25, 0.3) is 5.56 Å². The maximum atomic E-state index is 13.0. The van der Waals surface area contributed by atoms with E-state index in [0.29, 0.717) is 28.8 Å². The number of piperidine rings is 1. The standard InChI is InChI=1S/C21H23ClN4O2S/c22-16-6-4-5-15(13-16)14-23-18(27)7-11-26-20(28)19-17(8-12-29-19)24-21(26)25-9-2-1-3-10-25/h4-6,8,12-13H,1-3,7,9-11,14H2,(H,23,27). The van der Waals surface area contributed by atoms with E-state index in [4.69, 9.17) is 16.6 Å². The Morgan fingerprint density at radius 3 is 2.83 bits per heavy atom. The van der Waals surface area contributed by atoms with Crippen molar-refractivity contribution in [2.24, 2.45) is 0 Å². The highest BCUT2D eigenvalue weighted by Crippen LogP contribution is 2.22. The van der Waals surface area contributed by atoms with Crippen LogP contribution in [0.1, 0.15) is 31.2 Å². The van der Waals surface area contributed by atoms with Gasteiger partial charge < -0.3 is 10.2 Å². The van der Waals surface area contributed by atoms with E-state index in [2.05, 4.69) is 10.2 Å². The second-order valence-electron chi connectivity index (χ2n) is 7.21. The Kier molecular flexibility index (Phi) is 6.16. The average molecular weight is 431 g/mol. The summed E-state index contributed by atoms with van der Waals surface area (Å²) in [7, 11) is 0. The molecule has 2 aromatic heterocycles. The Morgan fingerprint density at radius 1 is 1.21 bits per heavy atom. The van der Waals surface area contributed by atoms with E-state index in [9.17, 15) is 9.59 Å². The van der Waals surface area contributed by atoms with Crippen LogP contribution in [0, 0.1) is 0 Å². The van der Waals surface area contributed by atoms with Crippen LogP contribution in [-0.2, 0) is 17.9 Å². The van der Waals surface area contributed by atoms with Crippen molar-refractivity contribution in [1.82, 2.24) is 14.9 Å². The molecular formula is C21H23ClN4O2S. The number of amides is 1. The third-order valence-corrected chi connectivity index (χ3v) is 6.25. The molecule has 3 aromatic rings. The zero-order chi connectivity index (χ0) is 20.2. The summed E-state index contributed by atoms with van der Waals surface area (Å²) >= 11 is 7.39. The van der Waals surface area contributed by atoms with Gasteiger partial charge in [0, 0.05) is 37.6 Å². The van der Waals surface area contributed by atoms with Crippen molar-refractivity contribution in [2.45, 2.75) is 38.8 Å². The normalized spacial score (nSPS) is 14.3. The predicted molar refractivity (Wildman–Crippen MR) is 118 cm³/mol. The van der Waals surface area contributed by atoms with E-state index in [1.54, 1.807) is 10.6 Å². The molecule has 1 amide bonds. The van der Waals surface area contributed by atoms with Gasteiger partial charge in [-0.25, -0.2) is 4.98 Å². The first-order chi connectivity index (χ1) is 14.1. The molecule has 29 heavy (non-hydrogen) atoms. The minimum atomic E-state index is -0.104. The van der Waals surface area contributed by atoms with Gasteiger partial charge in [-0.1, -0.05) is 23.7 Å². The number of anilines is 1. The predicted octanol–water partition coefficient (Wildman–Crippen LogP) is 3.81. The van der Waals surface area contributed by atoms with Crippen molar-refractivity contribution in [3.05, 3.63) is 56.7 Å². The molecule has 1 aliphatic heterocycles. The Hall–Kier alpha value is -2.38. The van der Waals surface area contributed by atoms with E-state index in [0.717, 1.165) is 37.0 Å². The maximum absolute atomic E-state index is 13.0. The van der Waals surface area contributed by atoms with E-state index in [1.807, 2.05) is 29.6 Å². The van der Waals surface area contributed by atoms with Crippen molar-refractivity contribution < 1.29 is 4.79 Å². The van der Waals surface area contributed by atoms with E-state index in [-0.39, 0.29) is 17.9 Å². The number of carbonyl (C=O) groups excluding carboxylic acids is 1. The van der Waals surface area contributed by atoms with Crippen molar-refractivity contribution in [3.63, 3.8) is 0 Å². The molecule has 0 atom stereocenters. The molecule has 0 aliphatic carbocycles. The first kappa shape index (κ1) is 19.9. The van der Waals surface area contributed by atoms with Crippen molar-refractivity contribution in [3.8, 4) is 0 Å². The lowest BCUT2D eigenvalue weighted by Crippen LogP contribution is -2.37. The van der Waals surface area contributed by atoms with E-state index >= 15 is 0 Å². The Bertz CT molecular complexity index is 1070. The van der Waals surface area contributed by atoms with Crippen LogP contribution >= 0.6 is 22.9 Å². The number of fused-ring (bicyclic) bond motifs is 1. The molecule has 0 bridgehead atoms. The van der Waals surface area contributed by atoms with Gasteiger partial charge in [0.1, 0.15) is 4.70 Å². The fourth-order valence-electron chi connectivity index (χ4n) is 3.62. The van der Waals surface area contributed by atoms with Gasteiger partial charge in [-0.2, -0.15) is 0 Å². The Morgan fingerprint density at radius 2 is 2.03 bits per heavy atom. The molecule has 152 valence electrons. The van der Waals surface area contributed by atoms with Crippen LogP contribution in [0.5, 0.6) is 0 Å². The molecule has 1 N–H and O–H groups in total. The van der Waals surface area contributed by atoms with Crippen LogP contribution in [-0.4, -0.2) is 28.5 Å². The quantitative estimate of drug-likeness (QED) is 0.645. The zero-order valence-electron chi connectivity index (χ0n) is 16.1. The number of rotatable bonds is 6. The summed E-state index contributed by atoms with van der Waals surface area (Å²) < 4.78 is 2.31. The summed E-state index contributed by atoms with van der Waals surface area (Å²) in [6.07, 6.45) is 3.61. The highest BCUT2D eigenvalue weighted by Gasteiger charge is 2.20. The number of hydrogen-bond donors (Lipinski definition) is 1. The molecule has 1 aliphatic rings. The van der Waals surface area contributed by atoms with Crippen LogP contribution in [0.25, 0.3) is 10.2 Å². The molecule has 4 rings (SSSR count). The zero-order valence-corrected chi connectivity index (χ0v) is 17.6. The van der Waals surface area contributed by atoms with Crippen LogP contribution < -0.4 is 15.8 Å². The molecule has 0 saturated carbocycles. The van der Waals surface area contributed by atoms with Crippen molar-refractivity contribution in [1.29, 1.82) is 0 Å². The summed E-state index contributed by atoms with van der Waals surface area (Å²) in [5.41, 5.74) is 1.62. The second-order valence-corrected chi connectivity index (χ2v) is 8.56. The molecular weight excluding hydrogens is 408 g/mol. The summed E-state index contributed by atoms with van der Waals surface area (Å²) in [5, 5.41) is 5.44. The summed E-state index contributed by atoms with van der Waals surface area (Å²) in [5.74, 6) is 0.580. The summed E-state index contributed by atoms with van der Waals surface area (Å²) in [4.78, 5) is 32.4. The van der Waals surface area contributed by atoms with Gasteiger partial charge >= 0.3 is 0 Å². The first-order valence-corrected chi connectivity index (χ1v) is 11.1. The summed E-state index contributed by atoms with van der Waals surface area (Å²) in [6, 6.07) is 9.29. The fraction of sp³-hybridized carbons (Fsp3) is 0.381. The largest absolute Gasteiger partial charge is 0.352 e. The van der Waals surface area contributed by atoms with Gasteiger partial charge in [-0.05, 0) is 48.4 Å². The number of nitrogens with zero attached hydrogens (tertiary/aromatic N) is 3. The third kappa shape index (κ3) is 4.62. The number of hydrogen-bond acceptors (Lipinski definition) is 5. The van der Waals surface area contributed by atoms with Gasteiger partial charge in [0.2, 0.25) is 11.9 Å². The highest BCUT2D eigenvalue weighted by atomic mass is 35.5. The number of benzene rings is 1. The first-order valence-electron chi connectivity index (χ1n) is 9.86. The van der Waals surface area contributed by atoms with Crippen LogP contribution in [0.3, 0.4) is 0 Å². The molecule has 0 radical (unpaired) electrons. The Balaban J connectivity index is 1.49. The minimum absolute atomic E-state index is 0.0618. The number of aromatic nitrogens is 2. The molecule has 1 saturated heterocycles. The third-order valence-electron chi connectivity index (χ3n) is 5.13. The molecule has 6 nitrogen and oxygen atoms in total. The number of halogens is 1. The van der Waals surface area contributed by atoms with Crippen molar-refractivity contribution >= 4 is 45.0 Å². The molecule has 0 unspecified atom stereocenters.